The first-order chi connectivity index (χ1) is 34.2. The maximum absolute atomic E-state index is 12.1. The molecule has 0 amide bonds. The van der Waals surface area contributed by atoms with E-state index in [0.717, 1.165) is 12.4 Å². The summed E-state index contributed by atoms with van der Waals surface area (Å²) in [4.78, 5) is 0. The van der Waals surface area contributed by atoms with Crippen molar-refractivity contribution in [2.24, 2.45) is 0 Å². The number of halogens is 36. The Morgan fingerprint density at radius 2 is 0.244 bits per heavy atom. The van der Waals surface area contributed by atoms with E-state index < -0.39 is 173 Å². The number of hydrogen-bond donors (Lipinski definition) is 0. The minimum absolute atomic E-state index is 0. The quantitative estimate of drug-likeness (QED) is 0.116. The SMILES string of the molecule is O=S(=O)([N-]S(=O)(=O)OC(C(F)(F)F)C(F)(F)F)OC(C(F)(F)F)C(F)(F)F.O=S(=O)([N-]S(=O)(=O)OC(C(F)(F)F)C(F)(F)F)OC(C(F)(F)F)C(F)(F)F.O=S(=O)([N-]S(=O)(=O)OC(C(F)(F)F)C(F)(F)F)OC(C(F)(F)F)C(F)(F)F.[Sm+3]. The minimum atomic E-state index is -6.90. The number of nitrogens with zero attached hydrogens (tertiary/aromatic N) is 3. The smallest absolute Gasteiger partial charge is 0.387 e. The zero-order chi connectivity index (χ0) is 66.8. The first-order valence-electron chi connectivity index (χ1n) is 15.8. The Morgan fingerprint density at radius 1 is 0.183 bits per heavy atom. The van der Waals surface area contributed by atoms with Crippen LogP contribution < -0.4 is 0 Å². The Balaban J connectivity index is -0.000000553. The molecule has 0 bridgehead atoms. The fraction of sp³-hybridized carbons (Fsp3) is 1.00. The van der Waals surface area contributed by atoms with Crippen LogP contribution in [0.25, 0.3) is 12.4 Å². The summed E-state index contributed by atoms with van der Waals surface area (Å²) in [5.74, 6) is 0. The molecule has 0 aromatic rings. The molecule has 0 aliphatic carbocycles. The van der Waals surface area contributed by atoms with E-state index in [1.165, 1.54) is 0 Å². The molecule has 0 saturated heterocycles. The van der Waals surface area contributed by atoms with E-state index >= 15 is 0 Å². The molecule has 0 N–H and O–H groups in total. The maximum Gasteiger partial charge on any atom is 3.00 e. The van der Waals surface area contributed by atoms with Gasteiger partial charge in [0.15, 0.2) is 0 Å². The normalized spacial score (nSPS) is 15.4. The van der Waals surface area contributed by atoms with Crippen LogP contribution in [0.1, 0.15) is 0 Å². The van der Waals surface area contributed by atoms with Crippen molar-refractivity contribution >= 4 is 61.8 Å². The summed E-state index contributed by atoms with van der Waals surface area (Å²) in [7, 11) is -41.4. The third kappa shape index (κ3) is 33.3. The van der Waals surface area contributed by atoms with Gasteiger partial charge in [-0.15, -0.1) is 0 Å². The number of alkyl halides is 36. The van der Waals surface area contributed by atoms with Gasteiger partial charge in [0.2, 0.25) is 61.8 Å². The van der Waals surface area contributed by atoms with E-state index in [9.17, 15) is 209 Å². The van der Waals surface area contributed by atoms with Crippen LogP contribution in [-0.4, -0.2) is 161 Å². The molecule has 0 fully saturated rings. The van der Waals surface area contributed by atoms with Crippen LogP contribution in [0.3, 0.4) is 0 Å². The Bertz CT molecular complexity index is 2180. The Labute approximate surface area is 457 Å². The Hall–Kier alpha value is -1.84. The first kappa shape index (κ1) is 86.6. The van der Waals surface area contributed by atoms with Crippen LogP contribution >= 0.6 is 0 Å². The maximum atomic E-state index is 12.1. The van der Waals surface area contributed by atoms with Crippen LogP contribution in [0, 0.1) is 40.4 Å². The Kier molecular flexibility index (Phi) is 28.8. The molecule has 0 aromatic heterocycles. The fourth-order valence-electron chi connectivity index (χ4n) is 2.94. The van der Waals surface area contributed by atoms with Gasteiger partial charge >= 0.3 is 115 Å². The predicted molar refractivity (Wildman–Crippen MR) is 165 cm³/mol. The summed E-state index contributed by atoms with van der Waals surface area (Å²) in [5.41, 5.74) is 0. The van der Waals surface area contributed by atoms with Gasteiger partial charge in [-0.1, -0.05) is 0 Å². The van der Waals surface area contributed by atoms with Crippen LogP contribution in [-0.2, 0) is 86.9 Å². The zero-order valence-electron chi connectivity index (χ0n) is 34.6. The van der Waals surface area contributed by atoms with Gasteiger partial charge < -0.3 is 12.4 Å². The molecule has 64 heteroatoms. The molecule has 82 heavy (non-hydrogen) atoms. The summed E-state index contributed by atoms with van der Waals surface area (Å²) < 4.78 is 582. The predicted octanol–water partition coefficient (Wildman–Crippen LogP) is 8.61. The van der Waals surface area contributed by atoms with Crippen molar-refractivity contribution in [3.8, 4) is 0 Å². The van der Waals surface area contributed by atoms with Crippen LogP contribution in [0.4, 0.5) is 158 Å². The molecule has 0 unspecified atom stereocenters. The summed E-state index contributed by atoms with van der Waals surface area (Å²) in [6.45, 7) is 0. The van der Waals surface area contributed by atoms with Crippen molar-refractivity contribution in [3.05, 3.63) is 12.4 Å². The van der Waals surface area contributed by atoms with Gasteiger partial charge in [-0.3, -0.25) is 25.1 Å². The van der Waals surface area contributed by atoms with Gasteiger partial charge in [-0.2, -0.15) is 158 Å². The summed E-state index contributed by atoms with van der Waals surface area (Å²) in [6, 6.07) is 0. The molecule has 0 rings (SSSR count). The van der Waals surface area contributed by atoms with Gasteiger partial charge in [-0.25, -0.2) is 50.5 Å². The van der Waals surface area contributed by atoms with E-state index in [0.29, 0.717) is 0 Å². The second-order valence-corrected chi connectivity index (χ2v) is 20.2. The van der Waals surface area contributed by atoms with Crippen LogP contribution in [0.2, 0.25) is 0 Å². The second kappa shape index (κ2) is 27.3. The third-order valence-corrected chi connectivity index (χ3v) is 12.4. The molecule has 0 heterocycles. The molecular formula is C18H6F36N3O18S6Sm. The van der Waals surface area contributed by atoms with Crippen molar-refractivity contribution in [1.82, 2.24) is 0 Å². The van der Waals surface area contributed by atoms with Gasteiger partial charge in [0.1, 0.15) is 0 Å². The minimum Gasteiger partial charge on any atom is -0.387 e. The van der Waals surface area contributed by atoms with Crippen LogP contribution in [0.5, 0.6) is 0 Å². The van der Waals surface area contributed by atoms with E-state index in [1.54, 1.807) is 0 Å². The standard InChI is InChI=1S/3C6H2F12NO6S2.Sm/c3*7-3(8,9)1(4(10,11)12)24-26(20,21)19-27(22,23)25-2(5(13,14)15)6(16,17)18;/h3*1-2H;/q3*-1;+3. The summed E-state index contributed by atoms with van der Waals surface area (Å²) in [5, 5.41) is 0. The van der Waals surface area contributed by atoms with E-state index in [4.69, 9.17) is 0 Å². The molecule has 21 nitrogen and oxygen atoms in total. The molecule has 0 spiro atoms. The van der Waals surface area contributed by atoms with Crippen molar-refractivity contribution in [3.63, 3.8) is 0 Å². The van der Waals surface area contributed by atoms with Crippen LogP contribution in [0.15, 0.2) is 0 Å². The largest absolute Gasteiger partial charge is 3.00 e. The summed E-state index contributed by atoms with van der Waals surface area (Å²) >= 11 is 0. The fourth-order valence-corrected chi connectivity index (χ4v) is 9.23. The second-order valence-electron chi connectivity index (χ2n) is 12.1. The average Bonchev–Trinajstić information content (AvgIpc) is 3.06. The molecule has 495 valence electrons. The van der Waals surface area contributed by atoms with Crippen molar-refractivity contribution in [2.45, 2.75) is 111 Å². The first-order valence-corrected chi connectivity index (χ1v) is 24.0. The molecule has 0 saturated carbocycles. The summed E-state index contributed by atoms with van der Waals surface area (Å²) in [6.07, 6.45) is -110. The molecule has 0 aromatic carbocycles. The number of rotatable bonds is 18. The molecule has 1 radical (unpaired) electrons. The van der Waals surface area contributed by atoms with Crippen molar-refractivity contribution in [1.29, 1.82) is 0 Å². The van der Waals surface area contributed by atoms with E-state index in [1.807, 2.05) is 0 Å². The van der Waals surface area contributed by atoms with E-state index in [-0.39, 0.29) is 40.4 Å². The zero-order valence-corrected chi connectivity index (χ0v) is 42.1. The topological polar surface area (TPSA) is 303 Å². The van der Waals surface area contributed by atoms with E-state index in [2.05, 4.69) is 25.1 Å². The molecule has 0 atom stereocenters. The van der Waals surface area contributed by atoms with Crippen molar-refractivity contribution < 1.29 is 274 Å². The van der Waals surface area contributed by atoms with Gasteiger partial charge in [0.05, 0.1) is 0 Å². The van der Waals surface area contributed by atoms with Gasteiger partial charge in [0, 0.05) is 0 Å². The average molecular weight is 1580 g/mol. The molecule has 0 aliphatic heterocycles. The monoisotopic (exact) mass is 1580 g/mol. The molecule has 0 aliphatic rings. The third-order valence-electron chi connectivity index (χ3n) is 5.42. The molecular weight excluding hydrogens is 1570 g/mol. The Morgan fingerprint density at radius 3 is 0.293 bits per heavy atom. The number of hydrogen-bond acceptors (Lipinski definition) is 18. The van der Waals surface area contributed by atoms with Gasteiger partial charge in [0.25, 0.3) is 36.6 Å². The van der Waals surface area contributed by atoms with Gasteiger partial charge in [-0.05, 0) is 0 Å². The van der Waals surface area contributed by atoms with Crippen molar-refractivity contribution in [2.75, 3.05) is 0 Å².